The van der Waals surface area contributed by atoms with E-state index in [1.165, 1.54) is 12.1 Å². The van der Waals surface area contributed by atoms with Crippen LogP contribution >= 0.6 is 11.6 Å². The molecule has 0 amide bonds. The summed E-state index contributed by atoms with van der Waals surface area (Å²) in [5.74, 6) is -2.19. The minimum atomic E-state index is -4.45. The van der Waals surface area contributed by atoms with Crippen LogP contribution in [0.15, 0.2) is 77.7 Å². The predicted molar refractivity (Wildman–Crippen MR) is 164 cm³/mol. The smallest absolute Gasteiger partial charge is 0.328 e. The van der Waals surface area contributed by atoms with E-state index < -0.39 is 51.2 Å². The Bertz CT molecular complexity index is 1650. The highest BCUT2D eigenvalue weighted by atomic mass is 35.5. The molecule has 4 rings (SSSR count). The summed E-state index contributed by atoms with van der Waals surface area (Å²) in [7, 11) is -4.45. The van der Waals surface area contributed by atoms with Crippen LogP contribution in [0.3, 0.4) is 0 Å². The van der Waals surface area contributed by atoms with Crippen molar-refractivity contribution in [2.75, 3.05) is 6.54 Å². The van der Waals surface area contributed by atoms with Gasteiger partial charge in [0, 0.05) is 10.9 Å². The maximum absolute atomic E-state index is 14.4. The van der Waals surface area contributed by atoms with Crippen molar-refractivity contribution < 1.29 is 27.5 Å². The Hall–Kier alpha value is -3.71. The minimum absolute atomic E-state index is 0.0820. The Morgan fingerprint density at radius 3 is 1.88 bits per heavy atom. The van der Waals surface area contributed by atoms with Crippen molar-refractivity contribution in [3.05, 3.63) is 88.9 Å². The number of sulfonamides is 1. The lowest BCUT2D eigenvalue weighted by atomic mass is 10.0. The van der Waals surface area contributed by atoms with Gasteiger partial charge in [0.2, 0.25) is 10.0 Å². The lowest BCUT2D eigenvalue weighted by molar-refractivity contribution is -0.163. The maximum atomic E-state index is 14.4. The molecule has 0 saturated heterocycles. The Morgan fingerprint density at radius 2 is 1.40 bits per heavy atom. The fraction of sp³-hybridized carbons (Fsp3) is 0.364. The van der Waals surface area contributed by atoms with Gasteiger partial charge in [0.05, 0.1) is 16.5 Å². The van der Waals surface area contributed by atoms with Gasteiger partial charge in [-0.2, -0.15) is 9.57 Å². The molecule has 8 nitrogen and oxygen atoms in total. The molecule has 3 aromatic rings. The van der Waals surface area contributed by atoms with Crippen molar-refractivity contribution in [2.45, 2.75) is 75.5 Å². The van der Waals surface area contributed by atoms with Crippen molar-refractivity contribution in [1.82, 2.24) is 4.31 Å². The summed E-state index contributed by atoms with van der Waals surface area (Å²) in [5.41, 5.74) is -0.860. The van der Waals surface area contributed by atoms with E-state index in [9.17, 15) is 23.3 Å². The van der Waals surface area contributed by atoms with Crippen LogP contribution < -0.4 is 0 Å². The largest absolute Gasteiger partial charge is 0.459 e. The van der Waals surface area contributed by atoms with Crippen LogP contribution in [0.4, 0.5) is 0 Å². The summed E-state index contributed by atoms with van der Waals surface area (Å²) in [6.45, 7) is 9.42. The predicted octanol–water partition coefficient (Wildman–Crippen LogP) is 6.48. The molecule has 1 saturated carbocycles. The van der Waals surface area contributed by atoms with E-state index in [0.29, 0.717) is 16.1 Å². The van der Waals surface area contributed by atoms with Gasteiger partial charge in [0.15, 0.2) is 0 Å². The molecule has 1 aliphatic rings. The number of rotatable bonds is 8. The van der Waals surface area contributed by atoms with Crippen LogP contribution in [-0.2, 0) is 29.1 Å². The number of carbonyl (C=O) groups is 2. The number of nitriles is 1. The zero-order valence-electron chi connectivity index (χ0n) is 25.0. The summed E-state index contributed by atoms with van der Waals surface area (Å²) < 4.78 is 41.1. The van der Waals surface area contributed by atoms with E-state index in [2.05, 4.69) is 6.07 Å². The van der Waals surface area contributed by atoms with Gasteiger partial charge in [-0.15, -0.1) is 0 Å². The Kier molecular flexibility index (Phi) is 8.81. The summed E-state index contributed by atoms with van der Waals surface area (Å²) in [6, 6.07) is 22.0. The molecule has 226 valence electrons. The number of esters is 2. The highest BCUT2D eigenvalue weighted by Gasteiger charge is 2.69. The van der Waals surface area contributed by atoms with Gasteiger partial charge in [0.25, 0.3) is 0 Å². The number of halogens is 1. The van der Waals surface area contributed by atoms with E-state index in [1.54, 1.807) is 90.1 Å². The average molecular weight is 623 g/mol. The van der Waals surface area contributed by atoms with Crippen molar-refractivity contribution in [3.63, 3.8) is 0 Å². The monoisotopic (exact) mass is 622 g/mol. The van der Waals surface area contributed by atoms with Gasteiger partial charge in [-0.05, 0) is 101 Å². The van der Waals surface area contributed by atoms with E-state index >= 15 is 0 Å². The molecule has 1 fully saturated rings. The van der Waals surface area contributed by atoms with E-state index in [-0.39, 0.29) is 11.3 Å². The van der Waals surface area contributed by atoms with Gasteiger partial charge in [-0.1, -0.05) is 48.0 Å². The lowest BCUT2D eigenvalue weighted by Gasteiger charge is -2.33. The second-order valence-corrected chi connectivity index (χ2v) is 14.8. The molecule has 1 aliphatic carbocycles. The molecule has 0 bridgehead atoms. The first-order valence-electron chi connectivity index (χ1n) is 13.8. The SMILES string of the molecule is CC(C)(C)OC(=O)CN([C@]1(C(=O)OC(C)(C)C)C[C@H]1c1ccc(C#N)cc1)S(=O)(=O)c1ccc(-c2ccc(Cl)cc2)cc1. The molecule has 0 heterocycles. The summed E-state index contributed by atoms with van der Waals surface area (Å²) in [6.07, 6.45) is 0.0820. The second-order valence-electron chi connectivity index (χ2n) is 12.5. The molecule has 0 spiro atoms. The summed E-state index contributed by atoms with van der Waals surface area (Å²) >= 11 is 6.01. The maximum Gasteiger partial charge on any atom is 0.328 e. The van der Waals surface area contributed by atoms with Crippen LogP contribution in [0.5, 0.6) is 0 Å². The molecule has 3 aromatic carbocycles. The first-order valence-corrected chi connectivity index (χ1v) is 15.6. The highest BCUT2D eigenvalue weighted by Crippen LogP contribution is 2.58. The fourth-order valence-corrected chi connectivity index (χ4v) is 6.77. The standard InChI is InChI=1S/C33H35ClN2O6S/c1-31(2,3)41-29(37)21-36(43(39,40)27-17-13-24(14-18-27)23-11-15-26(34)16-12-23)33(30(38)42-32(4,5)6)19-28(33)25-9-7-22(20-35)8-10-25/h7-18,28H,19,21H2,1-6H3/t28-,33+/m0/s1. The second kappa shape index (κ2) is 11.8. The third kappa shape index (κ3) is 7.27. The van der Waals surface area contributed by atoms with Crippen molar-refractivity contribution >= 4 is 33.6 Å². The van der Waals surface area contributed by atoms with E-state index in [1.807, 2.05) is 12.1 Å². The van der Waals surface area contributed by atoms with Crippen molar-refractivity contribution in [2.24, 2.45) is 0 Å². The minimum Gasteiger partial charge on any atom is -0.459 e. The molecule has 0 unspecified atom stereocenters. The molecule has 0 aromatic heterocycles. The van der Waals surface area contributed by atoms with Crippen LogP contribution in [0.1, 0.15) is 65.0 Å². The number of hydrogen-bond acceptors (Lipinski definition) is 7. The van der Waals surface area contributed by atoms with Gasteiger partial charge in [-0.3, -0.25) is 4.79 Å². The zero-order valence-corrected chi connectivity index (χ0v) is 26.6. The van der Waals surface area contributed by atoms with Crippen LogP contribution in [0, 0.1) is 11.3 Å². The molecule has 0 radical (unpaired) electrons. The third-order valence-electron chi connectivity index (χ3n) is 6.88. The number of hydrogen-bond donors (Lipinski definition) is 0. The molecule has 43 heavy (non-hydrogen) atoms. The summed E-state index contributed by atoms with van der Waals surface area (Å²) in [5, 5.41) is 9.83. The Labute approximate surface area is 258 Å². The molecular weight excluding hydrogens is 588 g/mol. The van der Waals surface area contributed by atoms with E-state index in [0.717, 1.165) is 15.4 Å². The van der Waals surface area contributed by atoms with Crippen LogP contribution in [0.25, 0.3) is 11.1 Å². The molecule has 0 aliphatic heterocycles. The third-order valence-corrected chi connectivity index (χ3v) is 9.04. The van der Waals surface area contributed by atoms with E-state index in [4.69, 9.17) is 21.1 Å². The van der Waals surface area contributed by atoms with Gasteiger partial charge in [-0.25, -0.2) is 13.2 Å². The van der Waals surface area contributed by atoms with Gasteiger partial charge >= 0.3 is 11.9 Å². The van der Waals surface area contributed by atoms with Gasteiger partial charge in [0.1, 0.15) is 23.3 Å². The van der Waals surface area contributed by atoms with Crippen molar-refractivity contribution in [3.8, 4) is 17.2 Å². The highest BCUT2D eigenvalue weighted by molar-refractivity contribution is 7.89. The number of carbonyl (C=O) groups excluding carboxylic acids is 2. The molecule has 10 heteroatoms. The first kappa shape index (κ1) is 32.2. The fourth-order valence-electron chi connectivity index (χ4n) is 4.93. The molecule has 2 atom stereocenters. The lowest BCUT2D eigenvalue weighted by Crippen LogP contribution is -2.53. The number of benzene rings is 3. The first-order chi connectivity index (χ1) is 20.0. The normalized spacial score (nSPS) is 18.5. The van der Waals surface area contributed by atoms with Gasteiger partial charge < -0.3 is 9.47 Å². The average Bonchev–Trinajstić information content (AvgIpc) is 3.67. The summed E-state index contributed by atoms with van der Waals surface area (Å²) in [4.78, 5) is 27.1. The van der Waals surface area contributed by atoms with Crippen LogP contribution in [-0.4, -0.2) is 47.9 Å². The van der Waals surface area contributed by atoms with Crippen molar-refractivity contribution in [1.29, 1.82) is 5.26 Å². The number of nitrogens with zero attached hydrogens (tertiary/aromatic N) is 2. The Morgan fingerprint density at radius 1 is 0.884 bits per heavy atom. The zero-order chi connectivity index (χ0) is 31.8. The number of ether oxygens (including phenoxy) is 2. The molecular formula is C33H35ClN2O6S. The topological polar surface area (TPSA) is 114 Å². The quantitative estimate of drug-likeness (QED) is 0.264. The molecule has 0 N–H and O–H groups in total. The van der Waals surface area contributed by atoms with Crippen LogP contribution in [0.2, 0.25) is 5.02 Å². The Balaban J connectivity index is 1.82.